The summed E-state index contributed by atoms with van der Waals surface area (Å²) >= 11 is 0. The van der Waals surface area contributed by atoms with Gasteiger partial charge in [-0.2, -0.15) is 0 Å². The van der Waals surface area contributed by atoms with E-state index in [1.54, 1.807) is 6.07 Å². The highest BCUT2D eigenvalue weighted by Gasteiger charge is 2.45. The van der Waals surface area contributed by atoms with Gasteiger partial charge in [0.15, 0.2) is 0 Å². The lowest BCUT2D eigenvalue weighted by atomic mass is 9.92. The normalized spacial score (nSPS) is 25.2. The summed E-state index contributed by atoms with van der Waals surface area (Å²) in [7, 11) is 0. The third kappa shape index (κ3) is 4.33. The van der Waals surface area contributed by atoms with Crippen LogP contribution in [0, 0.1) is 5.92 Å². The van der Waals surface area contributed by atoms with E-state index in [0.29, 0.717) is 43.7 Å². The summed E-state index contributed by atoms with van der Waals surface area (Å²) in [6.07, 6.45) is 3.90. The first-order chi connectivity index (χ1) is 17.8. The predicted octanol–water partition coefficient (Wildman–Crippen LogP) is 4.04. The molecule has 6 rings (SSSR count). The zero-order valence-electron chi connectivity index (χ0n) is 21.7. The molecule has 7 heteroatoms. The minimum absolute atomic E-state index is 0.116. The van der Waals surface area contributed by atoms with Gasteiger partial charge < -0.3 is 14.5 Å². The van der Waals surface area contributed by atoms with Gasteiger partial charge in [-0.25, -0.2) is 0 Å². The van der Waals surface area contributed by atoms with Crippen molar-refractivity contribution in [3.8, 4) is 0 Å². The molecule has 4 aliphatic heterocycles. The number of hydrogen-bond acceptors (Lipinski definition) is 5. The van der Waals surface area contributed by atoms with E-state index in [1.165, 1.54) is 16.0 Å². The van der Waals surface area contributed by atoms with Crippen molar-refractivity contribution in [2.45, 2.75) is 64.1 Å². The van der Waals surface area contributed by atoms with Crippen molar-refractivity contribution in [1.29, 1.82) is 0 Å². The zero-order valence-corrected chi connectivity index (χ0v) is 21.7. The molecule has 2 saturated heterocycles. The summed E-state index contributed by atoms with van der Waals surface area (Å²) in [6.45, 7) is 7.30. The highest BCUT2D eigenvalue weighted by molar-refractivity contribution is 6.24. The topological polar surface area (TPSA) is 70.2 Å². The van der Waals surface area contributed by atoms with Gasteiger partial charge >= 0.3 is 0 Å². The number of amides is 3. The van der Waals surface area contributed by atoms with Crippen molar-refractivity contribution < 1.29 is 19.1 Å². The van der Waals surface area contributed by atoms with Gasteiger partial charge in [0.1, 0.15) is 0 Å². The number of nitrogens with zero attached hydrogens (tertiary/aromatic N) is 3. The Bertz CT molecular complexity index is 1260. The second-order valence-electron chi connectivity index (χ2n) is 11.5. The Hall–Kier alpha value is -3.19. The van der Waals surface area contributed by atoms with Gasteiger partial charge in [-0.05, 0) is 69.2 Å². The third-order valence-electron chi connectivity index (χ3n) is 8.51. The molecule has 2 aromatic carbocycles. The molecule has 0 aliphatic carbocycles. The SMILES string of the molecule is CC1(C)CC(N2C(=O)c3cccc(N4CCCC(C(=O)N5CCc6ccccc6C5)C4)c3C2=O)CCO1. The maximum Gasteiger partial charge on any atom is 0.263 e. The minimum Gasteiger partial charge on any atom is -0.375 e. The maximum atomic E-state index is 13.7. The first kappa shape index (κ1) is 24.2. The van der Waals surface area contributed by atoms with Crippen LogP contribution >= 0.6 is 0 Å². The summed E-state index contributed by atoms with van der Waals surface area (Å²) in [5.41, 5.74) is 3.96. The fraction of sp³-hybridized carbons (Fsp3) is 0.500. The second kappa shape index (κ2) is 9.28. The standard InChI is InChI=1S/C30H35N3O4/c1-30(2)17-23(13-16-37-30)33-28(35)24-10-5-11-25(26(24)29(33)36)31-14-6-9-22(19-31)27(34)32-15-12-20-7-3-4-8-21(20)18-32/h3-5,7-8,10-11,22-23H,6,9,12-19H2,1-2H3. The lowest BCUT2D eigenvalue weighted by Crippen LogP contribution is -2.48. The van der Waals surface area contributed by atoms with Crippen molar-refractivity contribution in [3.05, 3.63) is 64.7 Å². The van der Waals surface area contributed by atoms with Crippen molar-refractivity contribution >= 4 is 23.4 Å². The van der Waals surface area contributed by atoms with E-state index in [9.17, 15) is 14.4 Å². The minimum atomic E-state index is -0.365. The number of carbonyl (C=O) groups is 3. The zero-order chi connectivity index (χ0) is 25.7. The molecule has 37 heavy (non-hydrogen) atoms. The molecule has 7 nitrogen and oxygen atoms in total. The molecule has 0 spiro atoms. The summed E-state index contributed by atoms with van der Waals surface area (Å²) in [5.74, 6) is -0.338. The number of anilines is 1. The molecule has 4 heterocycles. The lowest BCUT2D eigenvalue weighted by Gasteiger charge is -2.39. The molecule has 0 bridgehead atoms. The first-order valence-corrected chi connectivity index (χ1v) is 13.6. The van der Waals surface area contributed by atoms with Crippen LogP contribution in [-0.4, -0.2) is 65.4 Å². The molecule has 0 saturated carbocycles. The summed E-state index contributed by atoms with van der Waals surface area (Å²) < 4.78 is 5.83. The van der Waals surface area contributed by atoms with Gasteiger partial charge in [0, 0.05) is 38.8 Å². The van der Waals surface area contributed by atoms with Crippen LogP contribution in [0.2, 0.25) is 0 Å². The number of rotatable bonds is 3. The number of benzene rings is 2. The number of piperidine rings is 1. The van der Waals surface area contributed by atoms with Crippen LogP contribution in [-0.2, 0) is 22.5 Å². The monoisotopic (exact) mass is 501 g/mol. The number of hydrogen-bond donors (Lipinski definition) is 0. The van der Waals surface area contributed by atoms with E-state index in [0.717, 1.165) is 38.0 Å². The van der Waals surface area contributed by atoms with Crippen LogP contribution in [0.5, 0.6) is 0 Å². The molecule has 2 aromatic rings. The largest absolute Gasteiger partial charge is 0.375 e. The Labute approximate surface area is 218 Å². The molecule has 2 unspecified atom stereocenters. The second-order valence-corrected chi connectivity index (χ2v) is 11.5. The summed E-state index contributed by atoms with van der Waals surface area (Å²) in [5, 5.41) is 0. The summed E-state index contributed by atoms with van der Waals surface area (Å²) in [4.78, 5) is 46.3. The van der Waals surface area contributed by atoms with E-state index in [4.69, 9.17) is 4.74 Å². The van der Waals surface area contributed by atoms with E-state index >= 15 is 0 Å². The quantitative estimate of drug-likeness (QED) is 0.594. The number of imide groups is 1. The Morgan fingerprint density at radius 3 is 2.59 bits per heavy atom. The Morgan fingerprint density at radius 2 is 1.78 bits per heavy atom. The van der Waals surface area contributed by atoms with Gasteiger partial charge in [-0.1, -0.05) is 30.3 Å². The Balaban J connectivity index is 1.22. The molecular weight excluding hydrogens is 466 g/mol. The van der Waals surface area contributed by atoms with Crippen LogP contribution in [0.1, 0.15) is 71.4 Å². The fourth-order valence-electron chi connectivity index (χ4n) is 6.64. The van der Waals surface area contributed by atoms with E-state index < -0.39 is 0 Å². The lowest BCUT2D eigenvalue weighted by molar-refractivity contribution is -0.136. The molecule has 0 aromatic heterocycles. The van der Waals surface area contributed by atoms with Gasteiger partial charge in [-0.15, -0.1) is 0 Å². The van der Waals surface area contributed by atoms with Gasteiger partial charge in [0.05, 0.1) is 28.3 Å². The van der Waals surface area contributed by atoms with E-state index in [2.05, 4.69) is 23.1 Å². The number of ether oxygens (including phenoxy) is 1. The van der Waals surface area contributed by atoms with E-state index in [1.807, 2.05) is 36.9 Å². The average Bonchev–Trinajstić information content (AvgIpc) is 3.17. The molecule has 4 aliphatic rings. The van der Waals surface area contributed by atoms with Crippen LogP contribution in [0.25, 0.3) is 0 Å². The van der Waals surface area contributed by atoms with Crippen LogP contribution in [0.15, 0.2) is 42.5 Å². The van der Waals surface area contributed by atoms with Crippen LogP contribution in [0.4, 0.5) is 5.69 Å². The molecular formula is C30H35N3O4. The van der Waals surface area contributed by atoms with Gasteiger partial charge in [0.2, 0.25) is 5.91 Å². The van der Waals surface area contributed by atoms with Crippen molar-refractivity contribution in [3.63, 3.8) is 0 Å². The number of carbonyl (C=O) groups excluding carboxylic acids is 3. The van der Waals surface area contributed by atoms with E-state index in [-0.39, 0.29) is 35.3 Å². The molecule has 3 amide bonds. The summed E-state index contributed by atoms with van der Waals surface area (Å²) in [6, 6.07) is 13.8. The highest BCUT2D eigenvalue weighted by atomic mass is 16.5. The molecule has 2 fully saturated rings. The average molecular weight is 502 g/mol. The Kier molecular flexibility index (Phi) is 6.06. The van der Waals surface area contributed by atoms with Crippen LogP contribution in [0.3, 0.4) is 0 Å². The van der Waals surface area contributed by atoms with Crippen LogP contribution < -0.4 is 4.90 Å². The smallest absolute Gasteiger partial charge is 0.263 e. The molecule has 0 N–H and O–H groups in total. The molecule has 2 atom stereocenters. The Morgan fingerprint density at radius 1 is 0.973 bits per heavy atom. The maximum absolute atomic E-state index is 13.7. The predicted molar refractivity (Wildman–Crippen MR) is 140 cm³/mol. The van der Waals surface area contributed by atoms with Crippen molar-refractivity contribution in [1.82, 2.24) is 9.80 Å². The number of fused-ring (bicyclic) bond motifs is 2. The first-order valence-electron chi connectivity index (χ1n) is 13.6. The van der Waals surface area contributed by atoms with Crippen molar-refractivity contribution in [2.24, 2.45) is 5.92 Å². The van der Waals surface area contributed by atoms with Gasteiger partial charge in [-0.3, -0.25) is 19.3 Å². The third-order valence-corrected chi connectivity index (χ3v) is 8.51. The van der Waals surface area contributed by atoms with Crippen molar-refractivity contribution in [2.75, 3.05) is 31.1 Å². The highest BCUT2D eigenvalue weighted by Crippen LogP contribution is 2.38. The molecule has 0 radical (unpaired) electrons. The fourth-order valence-corrected chi connectivity index (χ4v) is 6.64. The molecule has 194 valence electrons. The van der Waals surface area contributed by atoms with Gasteiger partial charge in [0.25, 0.3) is 11.8 Å².